The zero-order valence-electron chi connectivity index (χ0n) is 11.9. The summed E-state index contributed by atoms with van der Waals surface area (Å²) < 4.78 is 5.48. The Hall–Kier alpha value is -1.62. The number of esters is 1. The SMILES string of the molecule is CCC1CCCC(OC(=O)c2cc([N+](=O)[O-])ccc2Cl)C1. The molecule has 0 amide bonds. The van der Waals surface area contributed by atoms with Gasteiger partial charge in [-0.15, -0.1) is 0 Å². The van der Waals surface area contributed by atoms with Crippen molar-refractivity contribution in [2.45, 2.75) is 45.1 Å². The maximum atomic E-state index is 12.2. The Labute approximate surface area is 128 Å². The van der Waals surface area contributed by atoms with Crippen LogP contribution in [0.2, 0.25) is 5.02 Å². The molecule has 0 aromatic heterocycles. The molecule has 21 heavy (non-hydrogen) atoms. The van der Waals surface area contributed by atoms with Crippen LogP contribution < -0.4 is 0 Å². The van der Waals surface area contributed by atoms with E-state index in [1.54, 1.807) is 0 Å². The second-order valence-corrected chi connectivity index (χ2v) is 5.80. The highest BCUT2D eigenvalue weighted by molar-refractivity contribution is 6.33. The van der Waals surface area contributed by atoms with E-state index in [1.807, 2.05) is 0 Å². The van der Waals surface area contributed by atoms with Crippen molar-refractivity contribution in [3.63, 3.8) is 0 Å². The summed E-state index contributed by atoms with van der Waals surface area (Å²) in [6.07, 6.45) is 4.86. The number of nitro benzene ring substituents is 1. The minimum absolute atomic E-state index is 0.0597. The standard InChI is InChI=1S/C15H18ClNO4/c1-2-10-4-3-5-12(8-10)21-15(18)13-9-11(17(19)20)6-7-14(13)16/h6-7,9-10,12H,2-5,8H2,1H3. The van der Waals surface area contributed by atoms with Crippen molar-refractivity contribution in [3.05, 3.63) is 38.9 Å². The van der Waals surface area contributed by atoms with Gasteiger partial charge in [0, 0.05) is 12.1 Å². The van der Waals surface area contributed by atoms with E-state index in [0.717, 1.165) is 25.7 Å². The fraction of sp³-hybridized carbons (Fsp3) is 0.533. The Morgan fingerprint density at radius 3 is 2.90 bits per heavy atom. The molecule has 1 fully saturated rings. The highest BCUT2D eigenvalue weighted by Crippen LogP contribution is 2.30. The van der Waals surface area contributed by atoms with Gasteiger partial charge in [0.25, 0.3) is 5.69 Å². The molecule has 1 aliphatic carbocycles. The molecule has 0 N–H and O–H groups in total. The lowest BCUT2D eigenvalue weighted by molar-refractivity contribution is -0.384. The molecule has 6 heteroatoms. The lowest BCUT2D eigenvalue weighted by Crippen LogP contribution is -2.25. The van der Waals surface area contributed by atoms with E-state index >= 15 is 0 Å². The summed E-state index contributed by atoms with van der Waals surface area (Å²) >= 11 is 5.95. The maximum Gasteiger partial charge on any atom is 0.340 e. The minimum Gasteiger partial charge on any atom is -0.459 e. The topological polar surface area (TPSA) is 69.4 Å². The molecule has 0 spiro atoms. The highest BCUT2D eigenvalue weighted by atomic mass is 35.5. The van der Waals surface area contributed by atoms with E-state index in [2.05, 4.69) is 6.92 Å². The average Bonchev–Trinajstić information content (AvgIpc) is 2.47. The van der Waals surface area contributed by atoms with Crippen LogP contribution in [0.15, 0.2) is 18.2 Å². The molecule has 1 aliphatic rings. The number of nitrogens with zero attached hydrogens (tertiary/aromatic N) is 1. The molecular weight excluding hydrogens is 294 g/mol. The van der Waals surface area contributed by atoms with Gasteiger partial charge in [-0.1, -0.05) is 31.4 Å². The first-order valence-corrected chi connectivity index (χ1v) is 7.54. The number of ether oxygens (including phenoxy) is 1. The number of carbonyl (C=O) groups excluding carboxylic acids is 1. The van der Waals surface area contributed by atoms with Gasteiger partial charge in [0.2, 0.25) is 0 Å². The third-order valence-corrected chi connectivity index (χ3v) is 4.30. The van der Waals surface area contributed by atoms with E-state index in [4.69, 9.17) is 16.3 Å². The van der Waals surface area contributed by atoms with Crippen molar-refractivity contribution in [1.29, 1.82) is 0 Å². The van der Waals surface area contributed by atoms with Crippen LogP contribution in [-0.4, -0.2) is 17.0 Å². The Morgan fingerprint density at radius 1 is 1.48 bits per heavy atom. The number of halogens is 1. The average molecular weight is 312 g/mol. The second kappa shape index (κ2) is 6.89. The monoisotopic (exact) mass is 311 g/mol. The normalized spacial score (nSPS) is 21.8. The second-order valence-electron chi connectivity index (χ2n) is 5.39. The molecule has 0 radical (unpaired) electrons. The van der Waals surface area contributed by atoms with Crippen molar-refractivity contribution < 1.29 is 14.5 Å². The molecule has 0 aliphatic heterocycles. The summed E-state index contributed by atoms with van der Waals surface area (Å²) in [5.74, 6) is 0.00239. The molecule has 2 atom stereocenters. The lowest BCUT2D eigenvalue weighted by atomic mass is 9.85. The number of hydrogen-bond acceptors (Lipinski definition) is 4. The van der Waals surface area contributed by atoms with Crippen LogP contribution in [0.5, 0.6) is 0 Å². The Kier molecular flexibility index (Phi) is 5.17. The molecule has 2 unspecified atom stereocenters. The fourth-order valence-electron chi connectivity index (χ4n) is 2.72. The van der Waals surface area contributed by atoms with Gasteiger partial charge in [-0.2, -0.15) is 0 Å². The zero-order chi connectivity index (χ0) is 15.4. The van der Waals surface area contributed by atoms with Gasteiger partial charge in [-0.25, -0.2) is 4.79 Å². The molecule has 0 bridgehead atoms. The third-order valence-electron chi connectivity index (χ3n) is 3.97. The van der Waals surface area contributed by atoms with E-state index in [9.17, 15) is 14.9 Å². The molecule has 1 saturated carbocycles. The van der Waals surface area contributed by atoms with Crippen molar-refractivity contribution in [2.24, 2.45) is 5.92 Å². The number of benzene rings is 1. The molecule has 0 heterocycles. The number of carbonyl (C=O) groups is 1. The first-order chi connectivity index (χ1) is 10.0. The predicted molar refractivity (Wildman–Crippen MR) is 79.6 cm³/mol. The van der Waals surface area contributed by atoms with Crippen LogP contribution in [-0.2, 0) is 4.74 Å². The molecule has 1 aromatic carbocycles. The summed E-state index contributed by atoms with van der Waals surface area (Å²) in [6.45, 7) is 2.13. The predicted octanol–water partition coefficient (Wildman–Crippen LogP) is 4.37. The van der Waals surface area contributed by atoms with Gasteiger partial charge < -0.3 is 4.74 Å². The molecule has 5 nitrogen and oxygen atoms in total. The van der Waals surface area contributed by atoms with E-state index in [0.29, 0.717) is 5.92 Å². The number of rotatable bonds is 4. The van der Waals surface area contributed by atoms with Crippen LogP contribution in [0.1, 0.15) is 49.4 Å². The van der Waals surface area contributed by atoms with Crippen LogP contribution >= 0.6 is 11.6 Å². The quantitative estimate of drug-likeness (QED) is 0.470. The molecular formula is C15H18ClNO4. The third kappa shape index (κ3) is 3.94. The Morgan fingerprint density at radius 2 is 2.24 bits per heavy atom. The summed E-state index contributed by atoms with van der Waals surface area (Å²) in [4.78, 5) is 22.4. The highest BCUT2D eigenvalue weighted by Gasteiger charge is 2.25. The van der Waals surface area contributed by atoms with Crippen molar-refractivity contribution in [3.8, 4) is 0 Å². The van der Waals surface area contributed by atoms with Gasteiger partial charge >= 0.3 is 5.97 Å². The number of non-ortho nitro benzene ring substituents is 1. The van der Waals surface area contributed by atoms with E-state index < -0.39 is 10.9 Å². The van der Waals surface area contributed by atoms with Crippen molar-refractivity contribution >= 4 is 23.3 Å². The smallest absolute Gasteiger partial charge is 0.340 e. The van der Waals surface area contributed by atoms with Crippen molar-refractivity contribution in [1.82, 2.24) is 0 Å². The van der Waals surface area contributed by atoms with Crippen molar-refractivity contribution in [2.75, 3.05) is 0 Å². The van der Waals surface area contributed by atoms with Gasteiger partial charge in [-0.3, -0.25) is 10.1 Å². The van der Waals surface area contributed by atoms with Crippen LogP contribution in [0, 0.1) is 16.0 Å². The number of nitro groups is 1. The molecule has 0 saturated heterocycles. The van der Waals surface area contributed by atoms with E-state index in [-0.39, 0.29) is 22.4 Å². The van der Waals surface area contributed by atoms with Crippen LogP contribution in [0.3, 0.4) is 0 Å². The van der Waals surface area contributed by atoms with Crippen LogP contribution in [0.25, 0.3) is 0 Å². The molecule has 1 aromatic rings. The lowest BCUT2D eigenvalue weighted by Gasteiger charge is -2.28. The fourth-order valence-corrected chi connectivity index (χ4v) is 2.91. The van der Waals surface area contributed by atoms with Gasteiger partial charge in [-0.05, 0) is 31.2 Å². The van der Waals surface area contributed by atoms with Crippen LogP contribution in [0.4, 0.5) is 5.69 Å². The van der Waals surface area contributed by atoms with Gasteiger partial charge in [0.15, 0.2) is 0 Å². The zero-order valence-corrected chi connectivity index (χ0v) is 12.6. The summed E-state index contributed by atoms with van der Waals surface area (Å²) in [6, 6.07) is 3.80. The first kappa shape index (κ1) is 15.8. The van der Waals surface area contributed by atoms with E-state index in [1.165, 1.54) is 24.6 Å². The van der Waals surface area contributed by atoms with Gasteiger partial charge in [0.1, 0.15) is 6.10 Å². The minimum atomic E-state index is -0.578. The molecule has 2 rings (SSSR count). The Balaban J connectivity index is 2.09. The maximum absolute atomic E-state index is 12.2. The Bertz CT molecular complexity index is 546. The summed E-state index contributed by atoms with van der Waals surface area (Å²) in [7, 11) is 0. The van der Waals surface area contributed by atoms with Gasteiger partial charge in [0.05, 0.1) is 15.5 Å². The largest absolute Gasteiger partial charge is 0.459 e. The summed E-state index contributed by atoms with van der Waals surface area (Å²) in [5.41, 5.74) is -0.106. The molecule has 114 valence electrons. The summed E-state index contributed by atoms with van der Waals surface area (Å²) in [5, 5.41) is 10.9. The number of hydrogen-bond donors (Lipinski definition) is 0. The first-order valence-electron chi connectivity index (χ1n) is 7.16.